The Bertz CT molecular complexity index is 372. The molecule has 88 valence electrons. The fourth-order valence-electron chi connectivity index (χ4n) is 1.44. The van der Waals surface area contributed by atoms with Crippen LogP contribution in [0.3, 0.4) is 0 Å². The van der Waals surface area contributed by atoms with Crippen LogP contribution in [0.4, 0.5) is 0 Å². The number of nitrogen functional groups attached to an aromatic ring is 1. The number of nitrogens with two attached hydrogens (primary N) is 1. The lowest BCUT2D eigenvalue weighted by atomic mass is 10.1. The lowest BCUT2D eigenvalue weighted by Gasteiger charge is -2.10. The van der Waals surface area contributed by atoms with Crippen LogP contribution in [0.15, 0.2) is 18.2 Å². The van der Waals surface area contributed by atoms with Gasteiger partial charge in [-0.25, -0.2) is 0 Å². The minimum absolute atomic E-state index is 0.103. The Morgan fingerprint density at radius 3 is 2.62 bits per heavy atom. The maximum Gasteiger partial charge on any atom is 0.123 e. The number of hydrogen-bond acceptors (Lipinski definition) is 2. The van der Waals surface area contributed by atoms with Gasteiger partial charge in [-0.15, -0.1) is 0 Å². The Kier molecular flexibility index (Phi) is 4.35. The van der Waals surface area contributed by atoms with Gasteiger partial charge in [0.05, 0.1) is 6.61 Å². The highest BCUT2D eigenvalue weighted by Gasteiger charge is 2.03. The van der Waals surface area contributed by atoms with Gasteiger partial charge in [0.25, 0.3) is 0 Å². The highest BCUT2D eigenvalue weighted by Crippen LogP contribution is 2.17. The van der Waals surface area contributed by atoms with Crippen molar-refractivity contribution in [1.82, 2.24) is 0 Å². The average Bonchev–Trinajstić information content (AvgIpc) is 2.16. The summed E-state index contributed by atoms with van der Waals surface area (Å²) in [6, 6.07) is 5.63. The van der Waals surface area contributed by atoms with Gasteiger partial charge in [-0.3, -0.25) is 5.41 Å². The Morgan fingerprint density at radius 2 is 2.12 bits per heavy atom. The minimum atomic E-state index is 0.103. The number of rotatable bonds is 5. The number of aryl methyl sites for hydroxylation is 1. The van der Waals surface area contributed by atoms with Crippen molar-refractivity contribution in [2.75, 3.05) is 6.61 Å². The van der Waals surface area contributed by atoms with Crippen molar-refractivity contribution in [1.29, 1.82) is 5.41 Å². The molecule has 0 aromatic heterocycles. The van der Waals surface area contributed by atoms with E-state index in [9.17, 15) is 0 Å². The number of benzene rings is 1. The van der Waals surface area contributed by atoms with Crippen LogP contribution in [0.5, 0.6) is 5.75 Å². The highest BCUT2D eigenvalue weighted by atomic mass is 16.5. The van der Waals surface area contributed by atoms with E-state index in [1.54, 1.807) is 0 Å². The number of ether oxygens (including phenoxy) is 1. The SMILES string of the molecule is Cc1cc(OCCC(C)C)ccc1C(=N)N. The third kappa shape index (κ3) is 3.57. The van der Waals surface area contributed by atoms with Gasteiger partial charge in [-0.1, -0.05) is 13.8 Å². The first-order valence-electron chi connectivity index (χ1n) is 5.58. The molecular weight excluding hydrogens is 200 g/mol. The summed E-state index contributed by atoms with van der Waals surface area (Å²) in [4.78, 5) is 0. The lowest BCUT2D eigenvalue weighted by Crippen LogP contribution is -2.12. The zero-order valence-electron chi connectivity index (χ0n) is 10.2. The first kappa shape index (κ1) is 12.6. The van der Waals surface area contributed by atoms with Gasteiger partial charge in [-0.05, 0) is 43.0 Å². The maximum atomic E-state index is 7.38. The van der Waals surface area contributed by atoms with E-state index >= 15 is 0 Å². The zero-order valence-corrected chi connectivity index (χ0v) is 10.2. The number of hydrogen-bond donors (Lipinski definition) is 2. The molecule has 0 saturated heterocycles. The first-order valence-corrected chi connectivity index (χ1v) is 5.58. The summed E-state index contributed by atoms with van der Waals surface area (Å²) in [6.07, 6.45) is 1.05. The second-order valence-corrected chi connectivity index (χ2v) is 4.42. The average molecular weight is 220 g/mol. The topological polar surface area (TPSA) is 59.1 Å². The van der Waals surface area contributed by atoms with Gasteiger partial charge >= 0.3 is 0 Å². The summed E-state index contributed by atoms with van der Waals surface area (Å²) >= 11 is 0. The van der Waals surface area contributed by atoms with Crippen LogP contribution >= 0.6 is 0 Å². The summed E-state index contributed by atoms with van der Waals surface area (Å²) in [5.41, 5.74) is 7.20. The van der Waals surface area contributed by atoms with Crippen LogP contribution in [0, 0.1) is 18.3 Å². The largest absolute Gasteiger partial charge is 0.494 e. The molecule has 1 aromatic carbocycles. The van der Waals surface area contributed by atoms with E-state index in [0.717, 1.165) is 29.9 Å². The van der Waals surface area contributed by atoms with Crippen molar-refractivity contribution in [2.45, 2.75) is 27.2 Å². The van der Waals surface area contributed by atoms with Gasteiger partial charge in [0.15, 0.2) is 0 Å². The molecule has 0 bridgehead atoms. The van der Waals surface area contributed by atoms with Crippen molar-refractivity contribution >= 4 is 5.84 Å². The van der Waals surface area contributed by atoms with Crippen LogP contribution in [-0.4, -0.2) is 12.4 Å². The normalized spacial score (nSPS) is 10.5. The quantitative estimate of drug-likeness (QED) is 0.592. The molecule has 1 rings (SSSR count). The minimum Gasteiger partial charge on any atom is -0.494 e. The lowest BCUT2D eigenvalue weighted by molar-refractivity contribution is 0.289. The molecule has 0 radical (unpaired) electrons. The standard InChI is InChI=1S/C13H20N2O/c1-9(2)6-7-16-11-4-5-12(13(14)15)10(3)8-11/h4-5,8-9H,6-7H2,1-3H3,(H3,14,15). The molecule has 0 atom stereocenters. The molecule has 1 aromatic rings. The Hall–Kier alpha value is -1.51. The molecule has 0 spiro atoms. The van der Waals surface area contributed by atoms with E-state index in [1.165, 1.54) is 0 Å². The monoisotopic (exact) mass is 220 g/mol. The van der Waals surface area contributed by atoms with Gasteiger partial charge in [-0.2, -0.15) is 0 Å². The molecule has 3 heteroatoms. The van der Waals surface area contributed by atoms with Crippen molar-refractivity contribution < 1.29 is 4.74 Å². The first-order chi connectivity index (χ1) is 7.50. The van der Waals surface area contributed by atoms with Gasteiger partial charge < -0.3 is 10.5 Å². The van der Waals surface area contributed by atoms with E-state index in [0.29, 0.717) is 5.92 Å². The predicted molar refractivity (Wildman–Crippen MR) is 67.1 cm³/mol. The molecule has 0 saturated carbocycles. The van der Waals surface area contributed by atoms with Crippen molar-refractivity contribution in [2.24, 2.45) is 11.7 Å². The van der Waals surface area contributed by atoms with Crippen LogP contribution < -0.4 is 10.5 Å². The summed E-state index contributed by atoms with van der Waals surface area (Å²) in [5, 5.41) is 7.38. The fourth-order valence-corrected chi connectivity index (χ4v) is 1.44. The second-order valence-electron chi connectivity index (χ2n) is 4.42. The second kappa shape index (κ2) is 5.54. The highest BCUT2D eigenvalue weighted by molar-refractivity contribution is 5.96. The van der Waals surface area contributed by atoms with Crippen LogP contribution in [-0.2, 0) is 0 Å². The van der Waals surface area contributed by atoms with Crippen LogP contribution in [0.1, 0.15) is 31.4 Å². The maximum absolute atomic E-state index is 7.38. The van der Waals surface area contributed by atoms with Crippen LogP contribution in [0.2, 0.25) is 0 Å². The molecule has 0 aliphatic rings. The molecule has 3 nitrogen and oxygen atoms in total. The van der Waals surface area contributed by atoms with E-state index in [4.69, 9.17) is 15.9 Å². The predicted octanol–water partition coefficient (Wildman–Crippen LogP) is 2.70. The molecule has 0 heterocycles. The Labute approximate surface area is 97.1 Å². The van der Waals surface area contributed by atoms with Crippen LogP contribution in [0.25, 0.3) is 0 Å². The molecule has 0 unspecified atom stereocenters. The molecular formula is C13H20N2O. The summed E-state index contributed by atoms with van der Waals surface area (Å²) in [7, 11) is 0. The smallest absolute Gasteiger partial charge is 0.123 e. The van der Waals surface area contributed by atoms with E-state index < -0.39 is 0 Å². The Balaban J connectivity index is 2.63. The summed E-state index contributed by atoms with van der Waals surface area (Å²) in [5.74, 6) is 1.60. The molecule has 0 fully saturated rings. The van der Waals surface area contributed by atoms with E-state index in [1.807, 2.05) is 25.1 Å². The van der Waals surface area contributed by atoms with Crippen molar-refractivity contribution in [3.05, 3.63) is 29.3 Å². The molecule has 0 aliphatic heterocycles. The summed E-state index contributed by atoms with van der Waals surface area (Å²) < 4.78 is 5.62. The summed E-state index contributed by atoms with van der Waals surface area (Å²) in [6.45, 7) is 7.02. The molecule has 0 aliphatic carbocycles. The van der Waals surface area contributed by atoms with Gasteiger partial charge in [0, 0.05) is 5.56 Å². The van der Waals surface area contributed by atoms with E-state index in [2.05, 4.69) is 13.8 Å². The zero-order chi connectivity index (χ0) is 12.1. The Morgan fingerprint density at radius 1 is 1.44 bits per heavy atom. The van der Waals surface area contributed by atoms with Crippen molar-refractivity contribution in [3.8, 4) is 5.75 Å². The molecule has 16 heavy (non-hydrogen) atoms. The number of nitrogens with one attached hydrogen (secondary N) is 1. The fraction of sp³-hybridized carbons (Fsp3) is 0.462. The third-order valence-electron chi connectivity index (χ3n) is 2.45. The number of amidine groups is 1. The van der Waals surface area contributed by atoms with Gasteiger partial charge in [0.2, 0.25) is 0 Å². The molecule has 3 N–H and O–H groups in total. The van der Waals surface area contributed by atoms with Gasteiger partial charge in [0.1, 0.15) is 11.6 Å². The van der Waals surface area contributed by atoms with Crippen molar-refractivity contribution in [3.63, 3.8) is 0 Å². The van der Waals surface area contributed by atoms with E-state index in [-0.39, 0.29) is 5.84 Å². The third-order valence-corrected chi connectivity index (χ3v) is 2.45. The molecule has 0 amide bonds.